The van der Waals surface area contributed by atoms with E-state index in [-0.39, 0.29) is 5.92 Å². The second-order valence-electron chi connectivity index (χ2n) is 4.50. The zero-order valence-electron chi connectivity index (χ0n) is 9.83. The number of nitrogens with two attached hydrogens (primary N) is 1. The zero-order valence-corrected chi connectivity index (χ0v) is 9.83. The summed E-state index contributed by atoms with van der Waals surface area (Å²) < 4.78 is 0. The van der Waals surface area contributed by atoms with Crippen LogP contribution in [0.15, 0.2) is 24.3 Å². The van der Waals surface area contributed by atoms with Gasteiger partial charge in [0.25, 0.3) is 0 Å². The van der Waals surface area contributed by atoms with Gasteiger partial charge in [0.2, 0.25) is 0 Å². The molecule has 0 saturated heterocycles. The number of aliphatic hydroxyl groups is 1. The molecule has 2 heteroatoms. The highest BCUT2D eigenvalue weighted by atomic mass is 16.3. The predicted molar refractivity (Wildman–Crippen MR) is 63.6 cm³/mol. The molecule has 15 heavy (non-hydrogen) atoms. The molecule has 0 heterocycles. The molecule has 3 N–H and O–H groups in total. The lowest BCUT2D eigenvalue weighted by atomic mass is 9.82. The van der Waals surface area contributed by atoms with Gasteiger partial charge in [-0.05, 0) is 36.9 Å². The molecule has 0 fully saturated rings. The first-order valence-corrected chi connectivity index (χ1v) is 5.51. The lowest BCUT2D eigenvalue weighted by molar-refractivity contribution is 0.00825. The van der Waals surface area contributed by atoms with Crippen molar-refractivity contribution >= 4 is 0 Å². The van der Waals surface area contributed by atoms with Crippen LogP contribution in [-0.2, 0) is 12.0 Å². The molecule has 0 amide bonds. The predicted octanol–water partition coefficient (Wildman–Crippen LogP) is 2.05. The van der Waals surface area contributed by atoms with Crippen LogP contribution in [0.3, 0.4) is 0 Å². The third kappa shape index (κ3) is 2.58. The van der Waals surface area contributed by atoms with Crippen molar-refractivity contribution < 1.29 is 5.11 Å². The number of rotatable bonds is 4. The minimum Gasteiger partial charge on any atom is -0.385 e. The topological polar surface area (TPSA) is 46.2 Å². The van der Waals surface area contributed by atoms with Crippen LogP contribution in [0.4, 0.5) is 0 Å². The highest BCUT2D eigenvalue weighted by Crippen LogP contribution is 2.31. The fourth-order valence-corrected chi connectivity index (χ4v) is 1.70. The minimum absolute atomic E-state index is 0.191. The van der Waals surface area contributed by atoms with E-state index in [1.165, 1.54) is 0 Å². The molecule has 2 nitrogen and oxygen atoms in total. The molecular formula is C13H21NO. The Balaban J connectivity index is 3.12. The van der Waals surface area contributed by atoms with Crippen molar-refractivity contribution in [3.63, 3.8) is 0 Å². The number of benzene rings is 1. The van der Waals surface area contributed by atoms with Gasteiger partial charge >= 0.3 is 0 Å². The van der Waals surface area contributed by atoms with Gasteiger partial charge in [0.15, 0.2) is 0 Å². The molecule has 84 valence electrons. The van der Waals surface area contributed by atoms with Crippen LogP contribution < -0.4 is 5.73 Å². The van der Waals surface area contributed by atoms with Crippen LogP contribution in [0.1, 0.15) is 31.9 Å². The SMILES string of the molecule is CC(C)C(C)(O)c1ccccc1CCN. The van der Waals surface area contributed by atoms with Crippen LogP contribution in [0.5, 0.6) is 0 Å². The standard InChI is InChI=1S/C13H21NO/c1-10(2)13(3,15)12-7-5-4-6-11(12)8-9-14/h4-7,10,15H,8-9,14H2,1-3H3. The Bertz CT molecular complexity index is 318. The Labute approximate surface area is 92.1 Å². The summed E-state index contributed by atoms with van der Waals surface area (Å²) in [5, 5.41) is 10.4. The second kappa shape index (κ2) is 4.77. The Morgan fingerprint density at radius 2 is 1.93 bits per heavy atom. The second-order valence-corrected chi connectivity index (χ2v) is 4.50. The van der Waals surface area contributed by atoms with Gasteiger partial charge in [-0.2, -0.15) is 0 Å². The largest absolute Gasteiger partial charge is 0.385 e. The highest BCUT2D eigenvalue weighted by Gasteiger charge is 2.28. The molecular weight excluding hydrogens is 186 g/mol. The van der Waals surface area contributed by atoms with E-state index in [2.05, 4.69) is 0 Å². The Kier molecular flexibility index (Phi) is 3.89. The molecule has 0 aliphatic carbocycles. The van der Waals surface area contributed by atoms with E-state index in [0.29, 0.717) is 6.54 Å². The lowest BCUT2D eigenvalue weighted by Gasteiger charge is -2.30. The molecule has 1 rings (SSSR count). The molecule has 0 bridgehead atoms. The normalized spacial score (nSPS) is 15.3. The Hall–Kier alpha value is -0.860. The summed E-state index contributed by atoms with van der Waals surface area (Å²) in [5.41, 5.74) is 6.95. The highest BCUT2D eigenvalue weighted by molar-refractivity contribution is 5.32. The number of hydrogen-bond donors (Lipinski definition) is 2. The molecule has 0 spiro atoms. The quantitative estimate of drug-likeness (QED) is 0.793. The van der Waals surface area contributed by atoms with Crippen molar-refractivity contribution in [3.05, 3.63) is 35.4 Å². The molecule has 0 aromatic heterocycles. The van der Waals surface area contributed by atoms with Crippen molar-refractivity contribution in [1.82, 2.24) is 0 Å². The lowest BCUT2D eigenvalue weighted by Crippen LogP contribution is -2.29. The van der Waals surface area contributed by atoms with Crippen molar-refractivity contribution in [2.24, 2.45) is 11.7 Å². The summed E-state index contributed by atoms with van der Waals surface area (Å²) in [4.78, 5) is 0. The minimum atomic E-state index is -0.772. The molecule has 0 saturated carbocycles. The average Bonchev–Trinajstić information content (AvgIpc) is 2.18. The molecule has 1 unspecified atom stereocenters. The van der Waals surface area contributed by atoms with E-state index >= 15 is 0 Å². The van der Waals surface area contributed by atoms with E-state index in [9.17, 15) is 5.11 Å². The molecule has 0 aliphatic heterocycles. The fourth-order valence-electron chi connectivity index (χ4n) is 1.70. The van der Waals surface area contributed by atoms with Gasteiger partial charge in [-0.3, -0.25) is 0 Å². The summed E-state index contributed by atoms with van der Waals surface area (Å²) in [6.45, 7) is 6.54. The van der Waals surface area contributed by atoms with E-state index in [0.717, 1.165) is 17.5 Å². The molecule has 0 radical (unpaired) electrons. The third-order valence-electron chi connectivity index (χ3n) is 3.10. The smallest absolute Gasteiger partial charge is 0.0893 e. The molecule has 1 atom stereocenters. The third-order valence-corrected chi connectivity index (χ3v) is 3.10. The van der Waals surface area contributed by atoms with Crippen LogP contribution in [-0.4, -0.2) is 11.7 Å². The summed E-state index contributed by atoms with van der Waals surface area (Å²) in [7, 11) is 0. The van der Waals surface area contributed by atoms with Gasteiger partial charge < -0.3 is 10.8 Å². The van der Waals surface area contributed by atoms with Crippen LogP contribution in [0.2, 0.25) is 0 Å². The van der Waals surface area contributed by atoms with Gasteiger partial charge in [0, 0.05) is 0 Å². The summed E-state index contributed by atoms with van der Waals surface area (Å²) in [6, 6.07) is 7.99. The Morgan fingerprint density at radius 1 is 1.33 bits per heavy atom. The van der Waals surface area contributed by atoms with Gasteiger partial charge in [-0.15, -0.1) is 0 Å². The van der Waals surface area contributed by atoms with Gasteiger partial charge in [0.1, 0.15) is 0 Å². The summed E-state index contributed by atoms with van der Waals surface area (Å²) in [5.74, 6) is 0.191. The van der Waals surface area contributed by atoms with Crippen molar-refractivity contribution in [2.45, 2.75) is 32.8 Å². The first-order valence-electron chi connectivity index (χ1n) is 5.51. The summed E-state index contributed by atoms with van der Waals surface area (Å²) in [6.07, 6.45) is 0.818. The van der Waals surface area contributed by atoms with Gasteiger partial charge in [-0.1, -0.05) is 38.1 Å². The average molecular weight is 207 g/mol. The van der Waals surface area contributed by atoms with Crippen molar-refractivity contribution in [1.29, 1.82) is 0 Å². The Morgan fingerprint density at radius 3 is 2.47 bits per heavy atom. The van der Waals surface area contributed by atoms with Crippen molar-refractivity contribution in [3.8, 4) is 0 Å². The zero-order chi connectivity index (χ0) is 11.5. The van der Waals surface area contributed by atoms with Crippen molar-refractivity contribution in [2.75, 3.05) is 6.54 Å². The van der Waals surface area contributed by atoms with E-state index < -0.39 is 5.60 Å². The fraction of sp³-hybridized carbons (Fsp3) is 0.538. The van der Waals surface area contributed by atoms with E-state index in [4.69, 9.17) is 5.73 Å². The van der Waals surface area contributed by atoms with Gasteiger partial charge in [-0.25, -0.2) is 0 Å². The van der Waals surface area contributed by atoms with Crippen LogP contribution in [0.25, 0.3) is 0 Å². The first kappa shape index (κ1) is 12.2. The van der Waals surface area contributed by atoms with Gasteiger partial charge in [0.05, 0.1) is 5.60 Å². The molecule has 1 aromatic carbocycles. The summed E-state index contributed by atoms with van der Waals surface area (Å²) >= 11 is 0. The molecule has 1 aromatic rings. The molecule has 0 aliphatic rings. The van der Waals surface area contributed by atoms with Crippen LogP contribution in [0, 0.1) is 5.92 Å². The first-order chi connectivity index (χ1) is 7.00. The monoisotopic (exact) mass is 207 g/mol. The maximum absolute atomic E-state index is 10.4. The maximum atomic E-state index is 10.4. The maximum Gasteiger partial charge on any atom is 0.0893 e. The number of hydrogen-bond acceptors (Lipinski definition) is 2. The van der Waals surface area contributed by atoms with E-state index in [1.807, 2.05) is 45.0 Å². The van der Waals surface area contributed by atoms with Crippen LogP contribution >= 0.6 is 0 Å². The van der Waals surface area contributed by atoms with E-state index in [1.54, 1.807) is 0 Å².